The number of hydrogen-bond acceptors (Lipinski definition) is 1. The normalized spacial score (nSPS) is 2.86. The molecule has 0 spiro atoms. The standard InChI is InChI=1S/C3H3O.Nb.Pt.Ta/c1-2-3-4;;;/h2H,1H2;;;/q-1;;;. The molecule has 4 heteroatoms. The van der Waals surface area contributed by atoms with Crippen LogP contribution in [-0.4, -0.2) is 6.29 Å². The Kier molecular flexibility index (Phi) is 86.0. The zero-order chi connectivity index (χ0) is 3.41. The molecule has 2 radical (unpaired) electrons. The average Bonchev–Trinajstić information content (AvgIpc) is 1.37. The molecule has 0 aliphatic carbocycles. The Bertz CT molecular complexity index is 35.9. The third kappa shape index (κ3) is 35.5. The topological polar surface area (TPSA) is 17.1 Å². The van der Waals surface area contributed by atoms with Gasteiger partial charge in [0.25, 0.3) is 0 Å². The molecule has 0 rings (SSSR count). The summed E-state index contributed by atoms with van der Waals surface area (Å²) in [6.07, 6.45) is 2.51. The van der Waals surface area contributed by atoms with Crippen LogP contribution in [-0.2, 0) is 70.6 Å². The molecule has 0 unspecified atom stereocenters. The molecule has 1 nitrogen and oxygen atoms in total. The Morgan fingerprint density at radius 2 is 1.71 bits per heavy atom. The van der Waals surface area contributed by atoms with Gasteiger partial charge in [-0.15, -0.1) is 0 Å². The largest absolute Gasteiger partial charge is 0.419 e. The van der Waals surface area contributed by atoms with Gasteiger partial charge in [-0.3, -0.25) is 0 Å². The minimum atomic E-state index is 0. The SMILES string of the molecule is C=C[C-]=O.[Nb].[Pt].[Ta]. The van der Waals surface area contributed by atoms with Crippen molar-refractivity contribution in [2.45, 2.75) is 0 Å². The molecule has 0 heterocycles. The molecular formula is C3H3NbOPtTa-. The maximum Gasteiger partial charge on any atom is 0 e. The molecule has 0 saturated carbocycles. The maximum atomic E-state index is 8.93. The molecular weight excluding hydrogens is 521 g/mol. The van der Waals surface area contributed by atoms with Crippen LogP contribution in [0.1, 0.15) is 0 Å². The third-order valence-corrected chi connectivity index (χ3v) is 0.0833. The molecule has 0 fully saturated rings. The Hall–Kier alpha value is 1.58. The van der Waals surface area contributed by atoms with Crippen molar-refractivity contribution in [2.24, 2.45) is 0 Å². The molecule has 0 saturated heterocycles. The van der Waals surface area contributed by atoms with Crippen LogP contribution in [0.2, 0.25) is 0 Å². The minimum Gasteiger partial charge on any atom is -0.419 e. The fourth-order valence-corrected chi connectivity index (χ4v) is 0. The predicted octanol–water partition coefficient (Wildman–Crippen LogP) is 0.275. The second kappa shape index (κ2) is 25.6. The molecule has 7 heavy (non-hydrogen) atoms. The fourth-order valence-electron chi connectivity index (χ4n) is 0. The summed E-state index contributed by atoms with van der Waals surface area (Å²) in [5.41, 5.74) is 0. The Morgan fingerprint density at radius 1 is 1.57 bits per heavy atom. The van der Waals surface area contributed by atoms with Crippen molar-refractivity contribution in [2.75, 3.05) is 0 Å². The van der Waals surface area contributed by atoms with Gasteiger partial charge in [-0.1, -0.05) is 0 Å². The van der Waals surface area contributed by atoms with Gasteiger partial charge in [0.1, 0.15) is 0 Å². The van der Waals surface area contributed by atoms with E-state index >= 15 is 0 Å². The van der Waals surface area contributed by atoms with E-state index in [4.69, 9.17) is 4.79 Å². The van der Waals surface area contributed by atoms with E-state index in [2.05, 4.69) is 6.58 Å². The van der Waals surface area contributed by atoms with Gasteiger partial charge in [0.05, 0.1) is 0 Å². The molecule has 0 amide bonds. The van der Waals surface area contributed by atoms with Crippen molar-refractivity contribution in [3.05, 3.63) is 12.7 Å². The number of carbonyl (C=O) groups excluding carboxylic acids is 1. The van der Waals surface area contributed by atoms with Gasteiger partial charge in [-0.25, -0.2) is 12.7 Å². The number of hydrogen-bond donors (Lipinski definition) is 0. The molecule has 0 aromatic rings. The summed E-state index contributed by atoms with van der Waals surface area (Å²) < 4.78 is 0. The summed E-state index contributed by atoms with van der Waals surface area (Å²) in [4.78, 5) is 8.93. The summed E-state index contributed by atoms with van der Waals surface area (Å²) in [5, 5.41) is 0. The van der Waals surface area contributed by atoms with Crippen molar-refractivity contribution < 1.29 is 70.6 Å². The van der Waals surface area contributed by atoms with Crippen LogP contribution in [0.25, 0.3) is 0 Å². The van der Waals surface area contributed by atoms with Crippen molar-refractivity contribution in [3.8, 4) is 0 Å². The van der Waals surface area contributed by atoms with Crippen LogP contribution >= 0.6 is 0 Å². The van der Waals surface area contributed by atoms with Crippen LogP contribution in [0, 0.1) is 0 Å². The van der Waals surface area contributed by atoms with E-state index in [1.165, 1.54) is 6.29 Å². The van der Waals surface area contributed by atoms with E-state index in [1.807, 2.05) is 0 Å². The second-order valence-electron chi connectivity index (χ2n) is 0.322. The van der Waals surface area contributed by atoms with E-state index in [0.717, 1.165) is 6.08 Å². The van der Waals surface area contributed by atoms with Crippen LogP contribution in [0.3, 0.4) is 0 Å². The van der Waals surface area contributed by atoms with E-state index in [-0.39, 0.29) is 65.8 Å². The molecule has 0 atom stereocenters. The summed E-state index contributed by atoms with van der Waals surface area (Å²) >= 11 is 0. The number of allylic oxidation sites excluding steroid dienone is 1. The first-order chi connectivity index (χ1) is 1.91. The van der Waals surface area contributed by atoms with Crippen molar-refractivity contribution in [1.29, 1.82) is 0 Å². The Morgan fingerprint density at radius 3 is 1.71 bits per heavy atom. The Balaban J connectivity index is -0.0000000150. The quantitative estimate of drug-likeness (QED) is 0.274. The predicted molar refractivity (Wildman–Crippen MR) is 15.9 cm³/mol. The van der Waals surface area contributed by atoms with Gasteiger partial charge in [-0.2, -0.15) is 0 Å². The maximum absolute atomic E-state index is 8.93. The molecule has 0 aromatic carbocycles. The molecule has 0 bridgehead atoms. The summed E-state index contributed by atoms with van der Waals surface area (Å²) in [5.74, 6) is 0. The van der Waals surface area contributed by atoms with Gasteiger partial charge < -0.3 is 4.79 Å². The molecule has 42 valence electrons. The van der Waals surface area contributed by atoms with Crippen molar-refractivity contribution >= 4 is 6.29 Å². The van der Waals surface area contributed by atoms with Gasteiger partial charge >= 0.3 is 0 Å². The zero-order valence-electron chi connectivity index (χ0n) is 3.40. The Labute approximate surface area is 88.6 Å². The van der Waals surface area contributed by atoms with Crippen LogP contribution in [0.15, 0.2) is 12.7 Å². The van der Waals surface area contributed by atoms with Crippen LogP contribution < -0.4 is 0 Å². The summed E-state index contributed by atoms with van der Waals surface area (Å²) in [6, 6.07) is 0. The fraction of sp³-hybridized carbons (Fsp3) is 0. The molecule has 0 aliphatic heterocycles. The second-order valence-corrected chi connectivity index (χ2v) is 0.322. The first kappa shape index (κ1) is 23.5. The monoisotopic (exact) mass is 524 g/mol. The molecule has 0 aliphatic rings. The first-order valence-corrected chi connectivity index (χ1v) is 0.901. The van der Waals surface area contributed by atoms with Crippen LogP contribution in [0.4, 0.5) is 0 Å². The summed E-state index contributed by atoms with van der Waals surface area (Å²) in [6.45, 7) is 3.06. The zero-order valence-corrected chi connectivity index (χ0v) is 11.1. The van der Waals surface area contributed by atoms with Gasteiger partial charge in [0, 0.05) is 65.8 Å². The minimum absolute atomic E-state index is 0. The summed E-state index contributed by atoms with van der Waals surface area (Å²) in [7, 11) is 0. The third-order valence-electron chi connectivity index (χ3n) is 0.0833. The van der Waals surface area contributed by atoms with Gasteiger partial charge in [0.15, 0.2) is 0 Å². The number of rotatable bonds is 1. The van der Waals surface area contributed by atoms with Gasteiger partial charge in [-0.05, 0) is 6.29 Å². The molecule has 0 N–H and O–H groups in total. The first-order valence-electron chi connectivity index (χ1n) is 0.901. The van der Waals surface area contributed by atoms with E-state index in [9.17, 15) is 0 Å². The smallest absolute Gasteiger partial charge is 0 e. The van der Waals surface area contributed by atoms with Gasteiger partial charge in [0.2, 0.25) is 0 Å². The average molecular weight is 524 g/mol. The van der Waals surface area contributed by atoms with E-state index in [1.54, 1.807) is 0 Å². The van der Waals surface area contributed by atoms with Crippen molar-refractivity contribution in [3.63, 3.8) is 0 Å². The molecule has 0 aromatic heterocycles. The van der Waals surface area contributed by atoms with Crippen LogP contribution in [0.5, 0.6) is 0 Å². The van der Waals surface area contributed by atoms with E-state index in [0.29, 0.717) is 0 Å². The van der Waals surface area contributed by atoms with E-state index < -0.39 is 0 Å². The van der Waals surface area contributed by atoms with Crippen molar-refractivity contribution in [1.82, 2.24) is 0 Å².